The van der Waals surface area contributed by atoms with Crippen LogP contribution in [0, 0.1) is 17.2 Å². The van der Waals surface area contributed by atoms with Crippen molar-refractivity contribution in [1.82, 2.24) is 9.88 Å². The third-order valence-corrected chi connectivity index (χ3v) is 4.25. The lowest BCUT2D eigenvalue weighted by molar-refractivity contribution is 0.0758. The standard InChI is InChI=1S/C14H16N4OS/c1-3-18(8-9(2)6-15)14(19)13-12(16)10-4-5-17-7-11(10)20-13/h4-5,7,9H,3,8,16H2,1-2H3. The van der Waals surface area contributed by atoms with Crippen LogP contribution in [0.2, 0.25) is 0 Å². The third-order valence-electron chi connectivity index (χ3n) is 3.11. The van der Waals surface area contributed by atoms with Crippen molar-refractivity contribution >= 4 is 33.0 Å². The van der Waals surface area contributed by atoms with Crippen molar-refractivity contribution in [3.8, 4) is 6.07 Å². The minimum atomic E-state index is -0.198. The second kappa shape index (κ2) is 5.88. The fourth-order valence-electron chi connectivity index (χ4n) is 2.00. The van der Waals surface area contributed by atoms with E-state index in [0.717, 1.165) is 10.1 Å². The zero-order chi connectivity index (χ0) is 14.7. The van der Waals surface area contributed by atoms with E-state index in [4.69, 9.17) is 11.0 Å². The number of nitrogens with zero attached hydrogens (tertiary/aromatic N) is 3. The van der Waals surface area contributed by atoms with Gasteiger partial charge in [0.05, 0.1) is 22.4 Å². The highest BCUT2D eigenvalue weighted by molar-refractivity contribution is 7.21. The van der Waals surface area contributed by atoms with E-state index in [1.54, 1.807) is 24.2 Å². The van der Waals surface area contributed by atoms with Crippen LogP contribution in [0.3, 0.4) is 0 Å². The number of amides is 1. The number of thiophene rings is 1. The van der Waals surface area contributed by atoms with E-state index < -0.39 is 0 Å². The molecule has 1 unspecified atom stereocenters. The molecule has 5 nitrogen and oxygen atoms in total. The van der Waals surface area contributed by atoms with Gasteiger partial charge >= 0.3 is 0 Å². The Bertz CT molecular complexity index is 673. The van der Waals surface area contributed by atoms with Gasteiger partial charge in [0.15, 0.2) is 0 Å². The molecule has 0 saturated carbocycles. The van der Waals surface area contributed by atoms with Crippen molar-refractivity contribution in [3.63, 3.8) is 0 Å². The van der Waals surface area contributed by atoms with Crippen LogP contribution in [0.1, 0.15) is 23.5 Å². The predicted octanol–water partition coefficient (Wildman–Crippen LogP) is 2.50. The monoisotopic (exact) mass is 288 g/mol. The molecule has 2 heterocycles. The number of nitriles is 1. The number of nitrogens with two attached hydrogens (primary N) is 1. The zero-order valence-corrected chi connectivity index (χ0v) is 12.3. The summed E-state index contributed by atoms with van der Waals surface area (Å²) >= 11 is 1.35. The lowest BCUT2D eigenvalue weighted by Gasteiger charge is -2.21. The Balaban J connectivity index is 2.35. The highest BCUT2D eigenvalue weighted by Gasteiger charge is 2.22. The first-order valence-corrected chi connectivity index (χ1v) is 7.21. The first-order valence-electron chi connectivity index (χ1n) is 6.39. The molecule has 104 valence electrons. The SMILES string of the molecule is CCN(CC(C)C#N)C(=O)c1sc2cnccc2c1N. The van der Waals surface area contributed by atoms with E-state index in [-0.39, 0.29) is 11.8 Å². The van der Waals surface area contributed by atoms with Gasteiger partial charge in [-0.05, 0) is 19.9 Å². The van der Waals surface area contributed by atoms with Crippen molar-refractivity contribution in [2.45, 2.75) is 13.8 Å². The normalized spacial score (nSPS) is 12.1. The minimum Gasteiger partial charge on any atom is -0.397 e. The summed E-state index contributed by atoms with van der Waals surface area (Å²) in [7, 11) is 0. The second-order valence-corrected chi connectivity index (χ2v) is 5.64. The van der Waals surface area contributed by atoms with Crippen LogP contribution in [0.5, 0.6) is 0 Å². The molecule has 0 saturated heterocycles. The van der Waals surface area contributed by atoms with Crippen LogP contribution in [-0.2, 0) is 0 Å². The quantitative estimate of drug-likeness (QED) is 0.937. The molecule has 0 spiro atoms. The van der Waals surface area contributed by atoms with Gasteiger partial charge in [-0.25, -0.2) is 0 Å². The Kier molecular flexibility index (Phi) is 4.20. The average Bonchev–Trinajstić information content (AvgIpc) is 2.81. The molecule has 1 atom stereocenters. The molecule has 6 heteroatoms. The van der Waals surface area contributed by atoms with E-state index in [1.165, 1.54) is 11.3 Å². The summed E-state index contributed by atoms with van der Waals surface area (Å²) in [5.74, 6) is -0.315. The molecule has 1 amide bonds. The van der Waals surface area contributed by atoms with Crippen LogP contribution in [0.15, 0.2) is 18.5 Å². The fourth-order valence-corrected chi connectivity index (χ4v) is 3.06. The summed E-state index contributed by atoms with van der Waals surface area (Å²) in [6.45, 7) is 4.66. The number of carbonyl (C=O) groups is 1. The lowest BCUT2D eigenvalue weighted by Crippen LogP contribution is -2.34. The molecule has 2 aromatic heterocycles. The van der Waals surface area contributed by atoms with Gasteiger partial charge in [-0.2, -0.15) is 5.26 Å². The first-order chi connectivity index (χ1) is 9.58. The Morgan fingerprint density at radius 1 is 1.65 bits per heavy atom. The Morgan fingerprint density at radius 2 is 2.40 bits per heavy atom. The lowest BCUT2D eigenvalue weighted by atomic mass is 10.2. The van der Waals surface area contributed by atoms with Gasteiger partial charge in [0, 0.05) is 30.9 Å². The highest BCUT2D eigenvalue weighted by atomic mass is 32.1. The topological polar surface area (TPSA) is 83.0 Å². The molecule has 0 aliphatic heterocycles. The number of aromatic nitrogens is 1. The summed E-state index contributed by atoms with van der Waals surface area (Å²) in [6, 6.07) is 3.96. The van der Waals surface area contributed by atoms with E-state index in [9.17, 15) is 4.79 Å². The maximum atomic E-state index is 12.5. The number of anilines is 1. The molecular formula is C14H16N4OS. The largest absolute Gasteiger partial charge is 0.397 e. The van der Waals surface area contributed by atoms with Gasteiger partial charge in [0.2, 0.25) is 0 Å². The summed E-state index contributed by atoms with van der Waals surface area (Å²) in [4.78, 5) is 18.8. The summed E-state index contributed by atoms with van der Waals surface area (Å²) in [5.41, 5.74) is 6.57. The fraction of sp³-hybridized carbons (Fsp3) is 0.357. The van der Waals surface area contributed by atoms with Crippen LogP contribution in [-0.4, -0.2) is 28.9 Å². The molecule has 0 aromatic carbocycles. The molecule has 2 aromatic rings. The van der Waals surface area contributed by atoms with Crippen molar-refractivity contribution in [2.75, 3.05) is 18.8 Å². The van der Waals surface area contributed by atoms with E-state index >= 15 is 0 Å². The maximum absolute atomic E-state index is 12.5. The number of carbonyl (C=O) groups excluding carboxylic acids is 1. The van der Waals surface area contributed by atoms with Gasteiger partial charge in [0.25, 0.3) is 5.91 Å². The molecule has 0 aliphatic rings. The van der Waals surface area contributed by atoms with Gasteiger partial charge < -0.3 is 10.6 Å². The summed E-state index contributed by atoms with van der Waals surface area (Å²) < 4.78 is 0.901. The van der Waals surface area contributed by atoms with E-state index in [1.807, 2.05) is 13.0 Å². The number of hydrogen-bond acceptors (Lipinski definition) is 5. The molecule has 0 aliphatic carbocycles. The van der Waals surface area contributed by atoms with E-state index in [2.05, 4.69) is 11.1 Å². The van der Waals surface area contributed by atoms with Gasteiger partial charge in [-0.15, -0.1) is 11.3 Å². The molecule has 0 bridgehead atoms. The Labute approximate surface area is 121 Å². The van der Waals surface area contributed by atoms with E-state index in [0.29, 0.717) is 23.7 Å². The van der Waals surface area contributed by atoms with Crippen molar-refractivity contribution < 1.29 is 4.79 Å². The molecule has 2 N–H and O–H groups in total. The van der Waals surface area contributed by atoms with Crippen molar-refractivity contribution in [2.24, 2.45) is 5.92 Å². The summed E-state index contributed by atoms with van der Waals surface area (Å²) in [6.07, 6.45) is 3.37. The van der Waals surface area contributed by atoms with Crippen LogP contribution in [0.25, 0.3) is 10.1 Å². The first kappa shape index (κ1) is 14.3. The van der Waals surface area contributed by atoms with Crippen molar-refractivity contribution in [1.29, 1.82) is 5.26 Å². The van der Waals surface area contributed by atoms with Crippen LogP contribution >= 0.6 is 11.3 Å². The van der Waals surface area contributed by atoms with Gasteiger partial charge in [-0.1, -0.05) is 0 Å². The number of nitrogen functional groups attached to an aromatic ring is 1. The second-order valence-electron chi connectivity index (χ2n) is 4.59. The molecular weight excluding hydrogens is 272 g/mol. The van der Waals surface area contributed by atoms with Crippen LogP contribution < -0.4 is 5.73 Å². The number of rotatable bonds is 4. The van der Waals surface area contributed by atoms with Crippen molar-refractivity contribution in [3.05, 3.63) is 23.3 Å². The molecule has 0 radical (unpaired) electrons. The number of pyridine rings is 1. The van der Waals surface area contributed by atoms with Crippen LogP contribution in [0.4, 0.5) is 5.69 Å². The minimum absolute atomic E-state index is 0.117. The third kappa shape index (κ3) is 2.58. The Morgan fingerprint density at radius 3 is 3.00 bits per heavy atom. The highest BCUT2D eigenvalue weighted by Crippen LogP contribution is 2.33. The zero-order valence-electron chi connectivity index (χ0n) is 11.5. The molecule has 0 fully saturated rings. The van der Waals surface area contributed by atoms with Gasteiger partial charge in [-0.3, -0.25) is 9.78 Å². The number of fused-ring (bicyclic) bond motifs is 1. The number of hydrogen-bond donors (Lipinski definition) is 1. The average molecular weight is 288 g/mol. The maximum Gasteiger partial charge on any atom is 0.266 e. The Hall–Kier alpha value is -2.13. The molecule has 20 heavy (non-hydrogen) atoms. The predicted molar refractivity (Wildman–Crippen MR) is 80.4 cm³/mol. The summed E-state index contributed by atoms with van der Waals surface area (Å²) in [5, 5.41) is 9.74. The van der Waals surface area contributed by atoms with Gasteiger partial charge in [0.1, 0.15) is 4.88 Å². The smallest absolute Gasteiger partial charge is 0.266 e. The molecule has 2 rings (SSSR count).